The van der Waals surface area contributed by atoms with Gasteiger partial charge in [-0.25, -0.2) is 18.9 Å². The average molecular weight is 467 g/mol. The maximum absolute atomic E-state index is 13.6. The fourth-order valence-electron chi connectivity index (χ4n) is 3.94. The first-order valence-corrected chi connectivity index (χ1v) is 9.57. The van der Waals surface area contributed by atoms with Crippen LogP contribution in [0.4, 0.5) is 30.7 Å². The average Bonchev–Trinajstić information content (AvgIpc) is 2.99. The molecule has 174 valence electrons. The predicted molar refractivity (Wildman–Crippen MR) is 93.2 cm³/mol. The number of fused-ring (bicyclic) bond motifs is 1. The number of amides is 1. The van der Waals surface area contributed by atoms with Crippen LogP contribution in [0.2, 0.25) is 0 Å². The molecule has 0 aromatic carbocycles. The van der Waals surface area contributed by atoms with Crippen LogP contribution in [0.25, 0.3) is 0 Å². The monoisotopic (exact) mass is 467 g/mol. The minimum atomic E-state index is -4.80. The largest absolute Gasteiger partial charge is 0.433 e. The molecule has 1 saturated heterocycles. The number of alkyl halides is 7. The van der Waals surface area contributed by atoms with Gasteiger partial charge < -0.3 is 4.90 Å². The molecule has 0 spiro atoms. The van der Waals surface area contributed by atoms with Crippen molar-refractivity contribution < 1.29 is 35.5 Å². The van der Waals surface area contributed by atoms with Gasteiger partial charge in [-0.15, -0.1) is 0 Å². The molecule has 0 saturated carbocycles. The zero-order valence-corrected chi connectivity index (χ0v) is 16.2. The summed E-state index contributed by atoms with van der Waals surface area (Å²) in [6.45, 7) is -1.27. The Kier molecular flexibility index (Phi) is 5.28. The molecule has 4 heterocycles. The smallest absolute Gasteiger partial charge is 0.335 e. The van der Waals surface area contributed by atoms with Gasteiger partial charge in [0.05, 0.1) is 31.2 Å². The molecule has 1 fully saturated rings. The zero-order valence-electron chi connectivity index (χ0n) is 16.2. The summed E-state index contributed by atoms with van der Waals surface area (Å²) in [5, 5.41) is 3.94. The summed E-state index contributed by atoms with van der Waals surface area (Å²) < 4.78 is 94.1. The number of likely N-dealkylation sites (tertiary alicyclic amines) is 1. The zero-order chi connectivity index (χ0) is 23.4. The summed E-state index contributed by atoms with van der Waals surface area (Å²) in [5.74, 6) is -3.32. The van der Waals surface area contributed by atoms with Crippen LogP contribution in [0.1, 0.15) is 29.7 Å². The fourth-order valence-corrected chi connectivity index (χ4v) is 3.94. The molecule has 14 heteroatoms. The van der Waals surface area contributed by atoms with Crippen molar-refractivity contribution in [2.24, 2.45) is 5.92 Å². The number of pyridine rings is 1. The van der Waals surface area contributed by atoms with Crippen LogP contribution < -0.4 is 5.69 Å². The van der Waals surface area contributed by atoms with Crippen LogP contribution in [0.15, 0.2) is 23.0 Å². The minimum Gasteiger partial charge on any atom is -0.335 e. The summed E-state index contributed by atoms with van der Waals surface area (Å²) in [4.78, 5) is 30.0. The molecule has 2 atom stereocenters. The van der Waals surface area contributed by atoms with E-state index in [2.05, 4.69) is 10.1 Å². The lowest BCUT2D eigenvalue weighted by Crippen LogP contribution is -2.57. The molecule has 0 aliphatic carbocycles. The maximum Gasteiger partial charge on any atom is 0.433 e. The highest BCUT2D eigenvalue weighted by atomic mass is 19.4. The van der Waals surface area contributed by atoms with E-state index >= 15 is 0 Å². The quantitative estimate of drug-likeness (QED) is 0.650. The molecule has 0 bridgehead atoms. The SMILES string of the molecule is O=C(C1C(C(F)(F)F)CCc2nn(Cc3cccc(C(F)(F)F)n3)c(=O)n21)N1CC(F)C1. The van der Waals surface area contributed by atoms with E-state index in [1.807, 2.05) is 0 Å². The first kappa shape index (κ1) is 22.3. The number of carbonyl (C=O) groups excluding carboxylic acids is 1. The van der Waals surface area contributed by atoms with E-state index in [0.29, 0.717) is 9.25 Å². The number of rotatable bonds is 3. The van der Waals surface area contributed by atoms with Crippen LogP contribution in [-0.2, 0) is 23.9 Å². The number of carbonyl (C=O) groups is 1. The third kappa shape index (κ3) is 3.97. The van der Waals surface area contributed by atoms with E-state index in [-0.39, 0.29) is 31.0 Å². The Morgan fingerprint density at radius 1 is 1.12 bits per heavy atom. The third-order valence-electron chi connectivity index (χ3n) is 5.51. The molecule has 2 aliphatic heterocycles. The molecule has 2 aromatic heterocycles. The number of hydrogen-bond acceptors (Lipinski definition) is 4. The van der Waals surface area contributed by atoms with Gasteiger partial charge in [-0.2, -0.15) is 31.4 Å². The number of aromatic nitrogens is 4. The van der Waals surface area contributed by atoms with Gasteiger partial charge in [-0.3, -0.25) is 9.36 Å². The third-order valence-corrected chi connectivity index (χ3v) is 5.51. The van der Waals surface area contributed by atoms with Crippen molar-refractivity contribution in [3.05, 3.63) is 45.9 Å². The van der Waals surface area contributed by atoms with Gasteiger partial charge in [0.2, 0.25) is 5.91 Å². The molecule has 0 N–H and O–H groups in total. The highest BCUT2D eigenvalue weighted by Gasteiger charge is 2.53. The minimum absolute atomic E-state index is 0.0989. The van der Waals surface area contributed by atoms with Gasteiger partial charge in [-0.05, 0) is 18.6 Å². The lowest BCUT2D eigenvalue weighted by Gasteiger charge is -2.40. The Bertz CT molecular complexity index is 1080. The Hall–Kier alpha value is -2.93. The van der Waals surface area contributed by atoms with Gasteiger partial charge in [-0.1, -0.05) is 6.07 Å². The van der Waals surface area contributed by atoms with Crippen molar-refractivity contribution in [2.45, 2.75) is 44.0 Å². The molecule has 2 aliphatic rings. The summed E-state index contributed by atoms with van der Waals surface area (Å²) in [6, 6.07) is 1.07. The molecule has 2 aromatic rings. The molecular weight excluding hydrogens is 451 g/mol. The Morgan fingerprint density at radius 3 is 2.41 bits per heavy atom. The van der Waals surface area contributed by atoms with Gasteiger partial charge in [0.15, 0.2) is 0 Å². The summed E-state index contributed by atoms with van der Waals surface area (Å²) in [6.07, 6.45) is -11.7. The first-order chi connectivity index (χ1) is 14.9. The van der Waals surface area contributed by atoms with E-state index in [4.69, 9.17) is 0 Å². The lowest BCUT2D eigenvalue weighted by molar-refractivity contribution is -0.198. The van der Waals surface area contributed by atoms with Gasteiger partial charge >= 0.3 is 18.0 Å². The molecule has 0 radical (unpaired) electrons. The van der Waals surface area contributed by atoms with E-state index < -0.39 is 60.7 Å². The second-order valence-corrected chi connectivity index (χ2v) is 7.71. The molecule has 4 rings (SSSR count). The summed E-state index contributed by atoms with van der Waals surface area (Å²) >= 11 is 0. The molecule has 1 amide bonds. The molecular formula is C18H16F7N5O2. The Balaban J connectivity index is 1.71. The van der Waals surface area contributed by atoms with Crippen molar-refractivity contribution in [1.29, 1.82) is 0 Å². The van der Waals surface area contributed by atoms with Crippen LogP contribution in [-0.4, -0.2) is 55.6 Å². The Morgan fingerprint density at radius 2 is 1.81 bits per heavy atom. The lowest BCUT2D eigenvalue weighted by atomic mass is 9.88. The molecule has 2 unspecified atom stereocenters. The topological polar surface area (TPSA) is 73.0 Å². The second kappa shape index (κ2) is 7.59. The van der Waals surface area contributed by atoms with Crippen molar-refractivity contribution in [1.82, 2.24) is 24.2 Å². The number of halogens is 7. The van der Waals surface area contributed by atoms with Gasteiger partial charge in [0.1, 0.15) is 23.7 Å². The van der Waals surface area contributed by atoms with Crippen molar-refractivity contribution in [2.75, 3.05) is 13.1 Å². The summed E-state index contributed by atoms with van der Waals surface area (Å²) in [5.41, 5.74) is -2.46. The van der Waals surface area contributed by atoms with Crippen molar-refractivity contribution in [3.63, 3.8) is 0 Å². The van der Waals surface area contributed by atoms with Crippen molar-refractivity contribution >= 4 is 5.91 Å². The molecule has 32 heavy (non-hydrogen) atoms. The fraction of sp³-hybridized carbons (Fsp3) is 0.556. The Labute approximate surface area is 175 Å². The van der Waals surface area contributed by atoms with Crippen LogP contribution in [0.3, 0.4) is 0 Å². The number of hydrogen-bond donors (Lipinski definition) is 0. The standard InChI is InChI=1S/C18H16F7N5O2/c19-9-6-28(7-9)15(31)14-11(17(20,21)22)4-5-13-27-29(16(32)30(13)14)8-10-2-1-3-12(26-10)18(23,24)25/h1-3,9,11,14H,4-8H2. The first-order valence-electron chi connectivity index (χ1n) is 9.57. The van der Waals surface area contributed by atoms with E-state index in [9.17, 15) is 40.3 Å². The van der Waals surface area contributed by atoms with Gasteiger partial charge in [0, 0.05) is 6.42 Å². The van der Waals surface area contributed by atoms with Crippen molar-refractivity contribution in [3.8, 4) is 0 Å². The number of nitrogens with zero attached hydrogens (tertiary/aromatic N) is 5. The highest BCUT2D eigenvalue weighted by Crippen LogP contribution is 2.42. The van der Waals surface area contributed by atoms with Crippen LogP contribution in [0.5, 0.6) is 0 Å². The van der Waals surface area contributed by atoms with E-state index in [0.717, 1.165) is 17.0 Å². The van der Waals surface area contributed by atoms with E-state index in [1.54, 1.807) is 0 Å². The number of aryl methyl sites for hydroxylation is 1. The van der Waals surface area contributed by atoms with Gasteiger partial charge in [0.25, 0.3) is 0 Å². The normalized spacial score (nSPS) is 21.9. The van der Waals surface area contributed by atoms with Crippen LogP contribution >= 0.6 is 0 Å². The molecule has 7 nitrogen and oxygen atoms in total. The highest BCUT2D eigenvalue weighted by molar-refractivity contribution is 5.82. The maximum atomic E-state index is 13.6. The summed E-state index contributed by atoms with van der Waals surface area (Å²) in [7, 11) is 0. The van der Waals surface area contributed by atoms with E-state index in [1.165, 1.54) is 6.07 Å². The predicted octanol–water partition coefficient (Wildman–Crippen LogP) is 2.35. The second-order valence-electron chi connectivity index (χ2n) is 7.71. The van der Waals surface area contributed by atoms with Crippen LogP contribution in [0, 0.1) is 5.92 Å².